The van der Waals surface area contributed by atoms with E-state index >= 15 is 0 Å². The lowest BCUT2D eigenvalue weighted by molar-refractivity contribution is -0.149. The number of hydrogen-bond acceptors (Lipinski definition) is 2. The first-order valence-electron chi connectivity index (χ1n) is 3.63. The van der Waals surface area contributed by atoms with E-state index in [2.05, 4.69) is 0 Å². The van der Waals surface area contributed by atoms with E-state index in [-0.39, 0.29) is 5.56 Å². The summed E-state index contributed by atoms with van der Waals surface area (Å²) in [5.74, 6) is -1.83. The molecule has 0 spiro atoms. The Balaban J connectivity index is 3.03. The number of rotatable bonds is 1. The van der Waals surface area contributed by atoms with Gasteiger partial charge in [0.05, 0.1) is 0 Å². The third kappa shape index (κ3) is 2.14. The molecule has 3 N–H and O–H groups in total. The normalized spacial score (nSPS) is 14.1. The predicted octanol–water partition coefficient (Wildman–Crippen LogP) is 2.09. The van der Waals surface area contributed by atoms with E-state index in [4.69, 9.17) is 10.8 Å². The Labute approximate surface area is 77.0 Å². The lowest BCUT2D eigenvalue weighted by atomic mass is 10.1. The third-order valence-electron chi connectivity index (χ3n) is 1.68. The van der Waals surface area contributed by atoms with Gasteiger partial charge in [0, 0.05) is 0 Å². The number of phenols is 1. The predicted molar refractivity (Wildman–Crippen MR) is 41.0 cm³/mol. The molecule has 1 aromatic rings. The number of benzene rings is 1. The van der Waals surface area contributed by atoms with Gasteiger partial charge in [-0.3, -0.25) is 0 Å². The molecule has 6 heteroatoms. The van der Waals surface area contributed by atoms with Gasteiger partial charge in [0.1, 0.15) is 6.04 Å². The summed E-state index contributed by atoms with van der Waals surface area (Å²) in [5, 5.41) is 8.82. The molecule has 0 saturated heterocycles. The van der Waals surface area contributed by atoms with Crippen LogP contribution in [0.3, 0.4) is 0 Å². The van der Waals surface area contributed by atoms with Gasteiger partial charge in [-0.2, -0.15) is 13.2 Å². The zero-order valence-electron chi connectivity index (χ0n) is 6.85. The monoisotopic (exact) mass is 209 g/mol. The second-order valence-corrected chi connectivity index (χ2v) is 2.73. The van der Waals surface area contributed by atoms with Crippen LogP contribution in [0.25, 0.3) is 0 Å². The fraction of sp³-hybridized carbons (Fsp3) is 0.250. The fourth-order valence-electron chi connectivity index (χ4n) is 0.912. The minimum absolute atomic E-state index is 0.378. The molecule has 78 valence electrons. The smallest absolute Gasteiger partial charge is 0.407 e. The van der Waals surface area contributed by atoms with Gasteiger partial charge in [0.15, 0.2) is 11.6 Å². The summed E-state index contributed by atoms with van der Waals surface area (Å²) in [6, 6.07) is 0.0609. The van der Waals surface area contributed by atoms with Crippen LogP contribution in [0.5, 0.6) is 5.75 Å². The second-order valence-electron chi connectivity index (χ2n) is 2.73. The maximum absolute atomic E-state index is 12.5. The molecule has 0 aliphatic heterocycles. The van der Waals surface area contributed by atoms with Crippen molar-refractivity contribution in [2.45, 2.75) is 12.2 Å². The van der Waals surface area contributed by atoms with E-state index < -0.39 is 23.8 Å². The van der Waals surface area contributed by atoms with E-state index in [1.54, 1.807) is 0 Å². The molecule has 0 aliphatic rings. The summed E-state index contributed by atoms with van der Waals surface area (Å²) in [7, 11) is 0. The van der Waals surface area contributed by atoms with Gasteiger partial charge in [-0.25, -0.2) is 4.39 Å². The molecule has 2 nitrogen and oxygen atoms in total. The van der Waals surface area contributed by atoms with Crippen molar-refractivity contribution in [1.29, 1.82) is 0 Å². The van der Waals surface area contributed by atoms with E-state index in [1.165, 1.54) is 0 Å². The van der Waals surface area contributed by atoms with Crippen LogP contribution < -0.4 is 5.73 Å². The third-order valence-corrected chi connectivity index (χ3v) is 1.68. The van der Waals surface area contributed by atoms with Gasteiger partial charge >= 0.3 is 6.18 Å². The number of halogens is 4. The van der Waals surface area contributed by atoms with Crippen LogP contribution in [0.15, 0.2) is 18.2 Å². The van der Waals surface area contributed by atoms with Crippen LogP contribution in [-0.4, -0.2) is 11.3 Å². The molecular formula is C8H7F4NO. The highest BCUT2D eigenvalue weighted by molar-refractivity contribution is 5.31. The zero-order chi connectivity index (χ0) is 10.9. The first kappa shape index (κ1) is 10.8. The highest BCUT2D eigenvalue weighted by Gasteiger charge is 2.38. The molecule has 1 aromatic carbocycles. The van der Waals surface area contributed by atoms with Crippen LogP contribution in [0, 0.1) is 5.82 Å². The number of aromatic hydroxyl groups is 1. The molecule has 0 heterocycles. The standard InChI is InChI=1S/C8H7F4NO/c9-5-2-1-4(3-6(5)14)7(13)8(10,11)12/h1-3,7,14H,13H2/t7-/m0/s1. The van der Waals surface area contributed by atoms with Crippen molar-refractivity contribution in [3.8, 4) is 5.75 Å². The molecule has 0 unspecified atom stereocenters. The zero-order valence-corrected chi connectivity index (χ0v) is 6.85. The number of hydrogen-bond donors (Lipinski definition) is 2. The van der Waals surface area contributed by atoms with Crippen LogP contribution >= 0.6 is 0 Å². The van der Waals surface area contributed by atoms with Crippen molar-refractivity contribution in [3.63, 3.8) is 0 Å². The molecule has 0 fully saturated rings. The SMILES string of the molecule is N[C@@H](c1ccc(F)c(O)c1)C(F)(F)F. The van der Waals surface area contributed by atoms with Gasteiger partial charge in [-0.05, 0) is 17.7 Å². The second kappa shape index (κ2) is 3.45. The Bertz CT molecular complexity index is 337. The van der Waals surface area contributed by atoms with Crippen molar-refractivity contribution in [3.05, 3.63) is 29.6 Å². The largest absolute Gasteiger partial charge is 0.505 e. The minimum atomic E-state index is -4.61. The number of phenolic OH excluding ortho intramolecular Hbond substituents is 1. The van der Waals surface area contributed by atoms with Crippen molar-refractivity contribution >= 4 is 0 Å². The quantitative estimate of drug-likeness (QED) is 0.695. The van der Waals surface area contributed by atoms with Crippen molar-refractivity contribution < 1.29 is 22.7 Å². The summed E-state index contributed by atoms with van der Waals surface area (Å²) in [6.07, 6.45) is -4.61. The lowest BCUT2D eigenvalue weighted by Gasteiger charge is -2.15. The van der Waals surface area contributed by atoms with Crippen molar-refractivity contribution in [2.24, 2.45) is 5.73 Å². The van der Waals surface area contributed by atoms with Gasteiger partial charge in [0.2, 0.25) is 0 Å². The van der Waals surface area contributed by atoms with E-state index in [9.17, 15) is 17.6 Å². The van der Waals surface area contributed by atoms with Crippen LogP contribution in [-0.2, 0) is 0 Å². The molecular weight excluding hydrogens is 202 g/mol. The molecule has 0 radical (unpaired) electrons. The molecule has 0 amide bonds. The summed E-state index contributed by atoms with van der Waals surface area (Å²) in [5.41, 5.74) is 4.45. The van der Waals surface area contributed by atoms with Gasteiger partial charge in [-0.1, -0.05) is 6.07 Å². The van der Waals surface area contributed by atoms with Gasteiger partial charge < -0.3 is 10.8 Å². The van der Waals surface area contributed by atoms with Crippen molar-refractivity contribution in [1.82, 2.24) is 0 Å². The Morgan fingerprint density at radius 3 is 2.29 bits per heavy atom. The average Bonchev–Trinajstić information content (AvgIpc) is 2.07. The Morgan fingerprint density at radius 2 is 1.86 bits per heavy atom. The Hall–Kier alpha value is -1.30. The Morgan fingerprint density at radius 1 is 1.29 bits per heavy atom. The first-order valence-corrected chi connectivity index (χ1v) is 3.63. The van der Waals surface area contributed by atoms with E-state index in [1.807, 2.05) is 0 Å². The molecule has 14 heavy (non-hydrogen) atoms. The van der Waals surface area contributed by atoms with Crippen LogP contribution in [0.2, 0.25) is 0 Å². The highest BCUT2D eigenvalue weighted by Crippen LogP contribution is 2.32. The van der Waals surface area contributed by atoms with Gasteiger partial charge in [-0.15, -0.1) is 0 Å². The van der Waals surface area contributed by atoms with Crippen LogP contribution in [0.4, 0.5) is 17.6 Å². The number of alkyl halides is 3. The topological polar surface area (TPSA) is 46.2 Å². The maximum Gasteiger partial charge on any atom is 0.407 e. The summed E-state index contributed by atoms with van der Waals surface area (Å²) in [4.78, 5) is 0. The molecule has 1 atom stereocenters. The lowest BCUT2D eigenvalue weighted by Crippen LogP contribution is -2.28. The number of nitrogens with two attached hydrogens (primary N) is 1. The van der Waals surface area contributed by atoms with E-state index in [0.29, 0.717) is 6.07 Å². The van der Waals surface area contributed by atoms with E-state index in [0.717, 1.165) is 12.1 Å². The molecule has 0 bridgehead atoms. The highest BCUT2D eigenvalue weighted by atomic mass is 19.4. The summed E-state index contributed by atoms with van der Waals surface area (Å²) < 4.78 is 48.7. The van der Waals surface area contributed by atoms with Crippen LogP contribution in [0.1, 0.15) is 11.6 Å². The molecule has 1 rings (SSSR count). The Kier molecular flexibility index (Phi) is 2.66. The molecule has 0 aromatic heterocycles. The first-order chi connectivity index (χ1) is 6.32. The van der Waals surface area contributed by atoms with Gasteiger partial charge in [0.25, 0.3) is 0 Å². The summed E-state index contributed by atoms with van der Waals surface area (Å²) >= 11 is 0. The minimum Gasteiger partial charge on any atom is -0.505 e. The fourth-order valence-corrected chi connectivity index (χ4v) is 0.912. The van der Waals surface area contributed by atoms with Crippen molar-refractivity contribution in [2.75, 3.05) is 0 Å². The molecule has 0 aliphatic carbocycles. The molecule has 0 saturated carbocycles. The maximum atomic E-state index is 12.5. The average molecular weight is 209 g/mol. The summed E-state index contributed by atoms with van der Waals surface area (Å²) in [6.45, 7) is 0.